The van der Waals surface area contributed by atoms with Crippen molar-refractivity contribution in [2.45, 2.75) is 38.2 Å². The SMILES string of the molecule is CC(=O)CCS(=O)(=O)c1ccc(OC(C)C)cc1. The topological polar surface area (TPSA) is 60.4 Å². The van der Waals surface area contributed by atoms with E-state index < -0.39 is 9.84 Å². The summed E-state index contributed by atoms with van der Waals surface area (Å²) in [6.45, 7) is 5.18. The molecule has 100 valence electrons. The molecule has 1 rings (SSSR count). The molecule has 1 aromatic rings. The Kier molecular flexibility index (Phi) is 4.90. The van der Waals surface area contributed by atoms with Crippen molar-refractivity contribution in [3.63, 3.8) is 0 Å². The highest BCUT2D eigenvalue weighted by Crippen LogP contribution is 2.18. The fourth-order valence-corrected chi connectivity index (χ4v) is 2.74. The number of ketones is 1. The quantitative estimate of drug-likeness (QED) is 0.795. The van der Waals surface area contributed by atoms with Gasteiger partial charge < -0.3 is 4.74 Å². The van der Waals surface area contributed by atoms with Crippen molar-refractivity contribution >= 4 is 15.6 Å². The third-order valence-electron chi connectivity index (χ3n) is 2.28. The first kappa shape index (κ1) is 14.7. The molecule has 0 heterocycles. The minimum Gasteiger partial charge on any atom is -0.491 e. The Morgan fingerprint density at radius 2 is 1.78 bits per heavy atom. The van der Waals surface area contributed by atoms with Gasteiger partial charge in [-0.1, -0.05) is 0 Å². The fourth-order valence-electron chi connectivity index (χ4n) is 1.39. The Labute approximate surface area is 108 Å². The Hall–Kier alpha value is -1.36. The summed E-state index contributed by atoms with van der Waals surface area (Å²) < 4.78 is 29.2. The summed E-state index contributed by atoms with van der Waals surface area (Å²) in [5.41, 5.74) is 0. The molecule has 0 amide bonds. The molecule has 0 saturated carbocycles. The van der Waals surface area contributed by atoms with Gasteiger partial charge in [-0.15, -0.1) is 0 Å². The highest BCUT2D eigenvalue weighted by Gasteiger charge is 2.15. The molecule has 0 fully saturated rings. The summed E-state index contributed by atoms with van der Waals surface area (Å²) in [6, 6.07) is 6.27. The van der Waals surface area contributed by atoms with Crippen LogP contribution in [0.25, 0.3) is 0 Å². The molecular weight excluding hydrogens is 252 g/mol. The number of hydrogen-bond donors (Lipinski definition) is 0. The maximum Gasteiger partial charge on any atom is 0.178 e. The molecule has 0 N–H and O–H groups in total. The van der Waals surface area contributed by atoms with Crippen LogP contribution >= 0.6 is 0 Å². The predicted molar refractivity (Wildman–Crippen MR) is 69.6 cm³/mol. The van der Waals surface area contributed by atoms with Gasteiger partial charge in [0.15, 0.2) is 9.84 Å². The molecule has 0 aliphatic rings. The van der Waals surface area contributed by atoms with Crippen LogP contribution in [0.15, 0.2) is 29.2 Å². The van der Waals surface area contributed by atoms with E-state index in [0.29, 0.717) is 5.75 Å². The van der Waals surface area contributed by atoms with E-state index in [0.717, 1.165) is 0 Å². The Morgan fingerprint density at radius 3 is 2.22 bits per heavy atom. The van der Waals surface area contributed by atoms with E-state index in [9.17, 15) is 13.2 Å². The molecule has 0 radical (unpaired) electrons. The van der Waals surface area contributed by atoms with Crippen LogP contribution < -0.4 is 4.74 Å². The standard InChI is InChI=1S/C13H18O4S/c1-10(2)17-12-4-6-13(7-5-12)18(15,16)9-8-11(3)14/h4-7,10H,8-9H2,1-3H3. The Bertz CT molecular complexity index is 500. The van der Waals surface area contributed by atoms with Crippen molar-refractivity contribution in [3.05, 3.63) is 24.3 Å². The maximum absolute atomic E-state index is 11.9. The van der Waals surface area contributed by atoms with E-state index in [4.69, 9.17) is 4.74 Å². The lowest BCUT2D eigenvalue weighted by molar-refractivity contribution is -0.116. The van der Waals surface area contributed by atoms with Crippen LogP contribution in [0.5, 0.6) is 5.75 Å². The first-order valence-corrected chi connectivity index (χ1v) is 7.45. The average molecular weight is 270 g/mol. The molecule has 18 heavy (non-hydrogen) atoms. The van der Waals surface area contributed by atoms with E-state index in [2.05, 4.69) is 0 Å². The summed E-state index contributed by atoms with van der Waals surface area (Å²) in [7, 11) is -3.38. The van der Waals surface area contributed by atoms with Crippen molar-refractivity contribution in [2.75, 3.05) is 5.75 Å². The van der Waals surface area contributed by atoms with Gasteiger partial charge in [0.2, 0.25) is 0 Å². The molecule has 0 aliphatic carbocycles. The summed E-state index contributed by atoms with van der Waals surface area (Å²) in [4.78, 5) is 11.0. The van der Waals surface area contributed by atoms with Gasteiger partial charge in [0.05, 0.1) is 16.8 Å². The van der Waals surface area contributed by atoms with Crippen LogP contribution in [0.1, 0.15) is 27.2 Å². The molecule has 0 saturated heterocycles. The average Bonchev–Trinajstić information content (AvgIpc) is 2.26. The molecule has 0 spiro atoms. The minimum atomic E-state index is -3.38. The van der Waals surface area contributed by atoms with Gasteiger partial charge in [-0.25, -0.2) is 8.42 Å². The minimum absolute atomic E-state index is 0.0465. The van der Waals surface area contributed by atoms with Crippen LogP contribution in [-0.2, 0) is 14.6 Å². The summed E-state index contributed by atoms with van der Waals surface area (Å²) in [5.74, 6) is 0.362. The lowest BCUT2D eigenvalue weighted by Gasteiger charge is -2.10. The number of ether oxygens (including phenoxy) is 1. The number of sulfone groups is 1. The number of rotatable bonds is 6. The second-order valence-electron chi connectivity index (χ2n) is 4.41. The summed E-state index contributed by atoms with van der Waals surface area (Å²) in [6.07, 6.45) is 0.0946. The normalized spacial score (nSPS) is 11.6. The van der Waals surface area contributed by atoms with Crippen molar-refractivity contribution in [1.82, 2.24) is 0 Å². The number of carbonyl (C=O) groups is 1. The molecule has 0 aromatic heterocycles. The predicted octanol–water partition coefficient (Wildman–Crippen LogP) is 2.23. The van der Waals surface area contributed by atoms with Gasteiger partial charge in [-0.05, 0) is 45.0 Å². The number of benzene rings is 1. The highest BCUT2D eigenvalue weighted by molar-refractivity contribution is 7.91. The highest BCUT2D eigenvalue weighted by atomic mass is 32.2. The summed E-state index contributed by atoms with van der Waals surface area (Å²) in [5, 5.41) is 0. The monoisotopic (exact) mass is 270 g/mol. The molecule has 0 aliphatic heterocycles. The van der Waals surface area contributed by atoms with Gasteiger partial charge in [-0.3, -0.25) is 4.79 Å². The zero-order valence-corrected chi connectivity index (χ0v) is 11.7. The third kappa shape index (κ3) is 4.49. The fraction of sp³-hybridized carbons (Fsp3) is 0.462. The number of hydrogen-bond acceptors (Lipinski definition) is 4. The maximum atomic E-state index is 11.9. The zero-order chi connectivity index (χ0) is 13.8. The van der Waals surface area contributed by atoms with Crippen LogP contribution in [-0.4, -0.2) is 26.1 Å². The smallest absolute Gasteiger partial charge is 0.178 e. The Morgan fingerprint density at radius 1 is 1.22 bits per heavy atom. The van der Waals surface area contributed by atoms with Crippen molar-refractivity contribution in [3.8, 4) is 5.75 Å². The first-order valence-electron chi connectivity index (χ1n) is 5.80. The second-order valence-corrected chi connectivity index (χ2v) is 6.52. The van der Waals surface area contributed by atoms with Crippen LogP contribution in [0.2, 0.25) is 0 Å². The van der Waals surface area contributed by atoms with E-state index in [-0.39, 0.29) is 29.0 Å². The van der Waals surface area contributed by atoms with Gasteiger partial charge in [-0.2, -0.15) is 0 Å². The van der Waals surface area contributed by atoms with Crippen molar-refractivity contribution < 1.29 is 17.9 Å². The van der Waals surface area contributed by atoms with Crippen molar-refractivity contribution in [1.29, 1.82) is 0 Å². The number of Topliss-reactive ketones (excluding diaryl/α,β-unsaturated/α-hetero) is 1. The first-order chi connectivity index (χ1) is 8.31. The molecule has 5 heteroatoms. The zero-order valence-electron chi connectivity index (χ0n) is 10.8. The molecule has 4 nitrogen and oxygen atoms in total. The Balaban J connectivity index is 2.81. The van der Waals surface area contributed by atoms with Crippen molar-refractivity contribution in [2.24, 2.45) is 0 Å². The summed E-state index contributed by atoms with van der Waals surface area (Å²) >= 11 is 0. The van der Waals surface area contributed by atoms with E-state index in [1.165, 1.54) is 19.1 Å². The molecule has 0 unspecified atom stereocenters. The van der Waals surface area contributed by atoms with E-state index in [1.54, 1.807) is 12.1 Å². The number of carbonyl (C=O) groups excluding carboxylic acids is 1. The van der Waals surface area contributed by atoms with E-state index in [1.807, 2.05) is 13.8 Å². The molecular formula is C13H18O4S. The van der Waals surface area contributed by atoms with E-state index >= 15 is 0 Å². The molecule has 1 aromatic carbocycles. The molecule has 0 bridgehead atoms. The second kappa shape index (κ2) is 6.00. The van der Waals surface area contributed by atoms with Crippen LogP contribution in [0, 0.1) is 0 Å². The third-order valence-corrected chi connectivity index (χ3v) is 4.01. The van der Waals surface area contributed by atoms with Gasteiger partial charge in [0.1, 0.15) is 11.5 Å². The van der Waals surface area contributed by atoms with Gasteiger partial charge in [0, 0.05) is 6.42 Å². The molecule has 0 atom stereocenters. The van der Waals surface area contributed by atoms with Gasteiger partial charge >= 0.3 is 0 Å². The van der Waals surface area contributed by atoms with Crippen LogP contribution in [0.4, 0.5) is 0 Å². The van der Waals surface area contributed by atoms with Gasteiger partial charge in [0.25, 0.3) is 0 Å². The van der Waals surface area contributed by atoms with Crippen LogP contribution in [0.3, 0.4) is 0 Å². The lowest BCUT2D eigenvalue weighted by Crippen LogP contribution is -2.10. The largest absolute Gasteiger partial charge is 0.491 e. The lowest BCUT2D eigenvalue weighted by atomic mass is 10.3.